The first-order chi connectivity index (χ1) is 27.1. The fourth-order valence-corrected chi connectivity index (χ4v) is 6.83. The number of phosphoric acid groups is 1. The van der Waals surface area contributed by atoms with E-state index in [0.717, 1.165) is 64.2 Å². The van der Waals surface area contributed by atoms with Gasteiger partial charge in [-0.15, -0.1) is 0 Å². The third-order valence-corrected chi connectivity index (χ3v) is 10.6. The van der Waals surface area contributed by atoms with Crippen molar-refractivity contribution in [3.63, 3.8) is 0 Å². The average Bonchev–Trinajstić information content (AvgIpc) is 3.15. The standard InChI is InChI=1S/C47H88NO7P/c1-6-8-10-12-14-16-18-20-22-24-25-27-29-31-33-35-37-39-42-52-44-46(45-54-56(50,51)53-43-41-48(3,4)5)55-47(49)40-38-36-34-32-30-28-26-23-21-19-17-15-13-11-9-7-2/h8,10,14,16,20,22-23,26,46H,6-7,9,11-13,15,17-19,21,24-25,27-45H2,1-5H3/p+1/b10-8-,16-14-,22-20-,26-23-. The van der Waals surface area contributed by atoms with Gasteiger partial charge in [-0.2, -0.15) is 0 Å². The Labute approximate surface area is 346 Å². The molecule has 0 saturated carbocycles. The maximum atomic E-state index is 12.7. The lowest BCUT2D eigenvalue weighted by molar-refractivity contribution is -0.870. The molecule has 56 heavy (non-hydrogen) atoms. The van der Waals surface area contributed by atoms with Crippen molar-refractivity contribution in [3.8, 4) is 0 Å². The number of unbranched alkanes of at least 4 members (excludes halogenated alkanes) is 20. The minimum atomic E-state index is -4.28. The maximum Gasteiger partial charge on any atom is 0.472 e. The number of nitrogens with zero attached hydrogens (tertiary/aromatic N) is 1. The molecule has 9 heteroatoms. The highest BCUT2D eigenvalue weighted by molar-refractivity contribution is 7.47. The molecule has 0 rings (SSSR count). The molecule has 0 bridgehead atoms. The zero-order valence-corrected chi connectivity index (χ0v) is 38.0. The van der Waals surface area contributed by atoms with Crippen LogP contribution in [0, 0.1) is 0 Å². The Bertz CT molecular complexity index is 1040. The maximum absolute atomic E-state index is 12.7. The van der Waals surface area contributed by atoms with Crippen LogP contribution in [0.25, 0.3) is 0 Å². The Hall–Kier alpha value is -1.54. The van der Waals surface area contributed by atoms with Gasteiger partial charge in [0, 0.05) is 13.0 Å². The second kappa shape index (κ2) is 40.2. The van der Waals surface area contributed by atoms with Crippen molar-refractivity contribution < 1.29 is 37.3 Å². The van der Waals surface area contributed by atoms with Crippen molar-refractivity contribution in [2.24, 2.45) is 0 Å². The lowest BCUT2D eigenvalue weighted by Crippen LogP contribution is -2.37. The van der Waals surface area contributed by atoms with E-state index in [9.17, 15) is 14.3 Å². The summed E-state index contributed by atoms with van der Waals surface area (Å²) >= 11 is 0. The molecule has 0 aliphatic carbocycles. The van der Waals surface area contributed by atoms with Crippen LogP contribution in [-0.2, 0) is 27.9 Å². The van der Waals surface area contributed by atoms with Crippen LogP contribution in [-0.4, -0.2) is 75.6 Å². The Morgan fingerprint density at radius 3 is 1.57 bits per heavy atom. The van der Waals surface area contributed by atoms with Gasteiger partial charge in [-0.1, -0.05) is 159 Å². The molecular formula is C47H89NO7P+. The number of carbonyl (C=O) groups excluding carboxylic acids is 1. The fourth-order valence-electron chi connectivity index (χ4n) is 6.09. The molecule has 0 aromatic heterocycles. The summed E-state index contributed by atoms with van der Waals surface area (Å²) < 4.78 is 35.0. The topological polar surface area (TPSA) is 91.3 Å². The fraction of sp³-hybridized carbons (Fsp3) is 0.809. The number of ether oxygens (including phenoxy) is 2. The van der Waals surface area contributed by atoms with E-state index in [1.807, 2.05) is 21.1 Å². The van der Waals surface area contributed by atoms with E-state index in [1.165, 1.54) is 103 Å². The van der Waals surface area contributed by atoms with E-state index in [-0.39, 0.29) is 25.8 Å². The van der Waals surface area contributed by atoms with Crippen LogP contribution in [0.3, 0.4) is 0 Å². The summed E-state index contributed by atoms with van der Waals surface area (Å²) in [5.41, 5.74) is 0. The molecule has 0 fully saturated rings. The third kappa shape index (κ3) is 43.6. The van der Waals surface area contributed by atoms with Crippen molar-refractivity contribution >= 4 is 13.8 Å². The molecule has 0 radical (unpaired) electrons. The summed E-state index contributed by atoms with van der Waals surface area (Å²) in [6, 6.07) is 0. The van der Waals surface area contributed by atoms with Crippen LogP contribution in [0.15, 0.2) is 48.6 Å². The van der Waals surface area contributed by atoms with Gasteiger partial charge in [0.05, 0.1) is 34.4 Å². The number of rotatable bonds is 42. The van der Waals surface area contributed by atoms with Crippen LogP contribution in [0.5, 0.6) is 0 Å². The molecule has 0 spiro atoms. The van der Waals surface area contributed by atoms with Gasteiger partial charge in [-0.05, 0) is 70.6 Å². The van der Waals surface area contributed by atoms with E-state index in [1.54, 1.807) is 0 Å². The van der Waals surface area contributed by atoms with Crippen molar-refractivity contribution in [2.45, 2.75) is 193 Å². The molecule has 0 aromatic carbocycles. The summed E-state index contributed by atoms with van der Waals surface area (Å²) in [4.78, 5) is 22.9. The normalized spacial score (nSPS) is 14.2. The third-order valence-electron chi connectivity index (χ3n) is 9.62. The minimum Gasteiger partial charge on any atom is -0.457 e. The quantitative estimate of drug-likeness (QED) is 0.0216. The molecular weight excluding hydrogens is 721 g/mol. The van der Waals surface area contributed by atoms with Crippen LogP contribution < -0.4 is 0 Å². The minimum absolute atomic E-state index is 0.0843. The molecule has 328 valence electrons. The number of allylic oxidation sites excluding steroid dienone is 8. The summed E-state index contributed by atoms with van der Waals surface area (Å²) in [5, 5.41) is 0. The molecule has 2 atom stereocenters. The molecule has 0 aromatic rings. The van der Waals surface area contributed by atoms with Crippen LogP contribution in [0.4, 0.5) is 0 Å². The molecule has 0 saturated heterocycles. The summed E-state index contributed by atoms with van der Waals surface area (Å²) in [6.07, 6.45) is 48.6. The number of hydrogen-bond donors (Lipinski definition) is 1. The van der Waals surface area contributed by atoms with Gasteiger partial charge in [0.25, 0.3) is 0 Å². The number of hydrogen-bond acceptors (Lipinski definition) is 6. The number of esters is 1. The molecule has 1 N–H and O–H groups in total. The van der Waals surface area contributed by atoms with E-state index in [2.05, 4.69) is 62.5 Å². The first-order valence-electron chi connectivity index (χ1n) is 22.9. The Morgan fingerprint density at radius 2 is 1.04 bits per heavy atom. The van der Waals surface area contributed by atoms with Crippen molar-refractivity contribution in [3.05, 3.63) is 48.6 Å². The summed E-state index contributed by atoms with van der Waals surface area (Å²) in [7, 11) is 1.65. The number of carbonyl (C=O) groups is 1. The largest absolute Gasteiger partial charge is 0.472 e. The predicted molar refractivity (Wildman–Crippen MR) is 238 cm³/mol. The molecule has 0 heterocycles. The summed E-state index contributed by atoms with van der Waals surface area (Å²) in [5.74, 6) is -0.326. The SMILES string of the molecule is CC/C=C\C/C=C\C/C=C\CCCCCCCCCCOCC(COP(=O)(O)OCC[N+](C)(C)C)OC(=O)CCCCCCC/C=C\CCCCCCCCC. The second-order valence-electron chi connectivity index (χ2n) is 16.4. The van der Waals surface area contributed by atoms with Crippen LogP contribution in [0.2, 0.25) is 0 Å². The Morgan fingerprint density at radius 1 is 0.571 bits per heavy atom. The van der Waals surface area contributed by atoms with Gasteiger partial charge in [-0.25, -0.2) is 4.57 Å². The lowest BCUT2D eigenvalue weighted by atomic mass is 10.1. The highest BCUT2D eigenvalue weighted by Crippen LogP contribution is 2.43. The molecule has 8 nitrogen and oxygen atoms in total. The summed E-state index contributed by atoms with van der Waals surface area (Å²) in [6.45, 7) is 5.49. The number of likely N-dealkylation sites (N-methyl/N-ethyl adjacent to an activating group) is 1. The van der Waals surface area contributed by atoms with Crippen LogP contribution in [0.1, 0.15) is 187 Å². The molecule has 0 aliphatic rings. The van der Waals surface area contributed by atoms with Gasteiger partial charge in [0.15, 0.2) is 0 Å². The zero-order valence-electron chi connectivity index (χ0n) is 37.1. The van der Waals surface area contributed by atoms with E-state index in [0.29, 0.717) is 24.1 Å². The Balaban J connectivity index is 4.23. The first kappa shape index (κ1) is 54.5. The highest BCUT2D eigenvalue weighted by Gasteiger charge is 2.26. The Kier molecular flexibility index (Phi) is 39.1. The zero-order chi connectivity index (χ0) is 41.3. The van der Waals surface area contributed by atoms with Gasteiger partial charge in [-0.3, -0.25) is 13.8 Å². The number of quaternary nitrogens is 1. The van der Waals surface area contributed by atoms with Crippen molar-refractivity contribution in [1.29, 1.82) is 0 Å². The van der Waals surface area contributed by atoms with Gasteiger partial charge >= 0.3 is 13.8 Å². The van der Waals surface area contributed by atoms with E-state index >= 15 is 0 Å². The monoisotopic (exact) mass is 811 g/mol. The smallest absolute Gasteiger partial charge is 0.457 e. The van der Waals surface area contributed by atoms with Crippen molar-refractivity contribution in [1.82, 2.24) is 0 Å². The van der Waals surface area contributed by atoms with Gasteiger partial charge in [0.2, 0.25) is 0 Å². The highest BCUT2D eigenvalue weighted by atomic mass is 31.2. The molecule has 2 unspecified atom stereocenters. The van der Waals surface area contributed by atoms with Crippen molar-refractivity contribution in [2.75, 3.05) is 54.1 Å². The lowest BCUT2D eigenvalue weighted by Gasteiger charge is -2.24. The molecule has 0 amide bonds. The van der Waals surface area contributed by atoms with Gasteiger partial charge in [0.1, 0.15) is 19.3 Å². The average molecular weight is 811 g/mol. The number of phosphoric ester groups is 1. The molecule has 0 aliphatic heterocycles. The first-order valence-corrected chi connectivity index (χ1v) is 24.4. The van der Waals surface area contributed by atoms with Gasteiger partial charge < -0.3 is 18.9 Å². The predicted octanol–water partition coefficient (Wildman–Crippen LogP) is 13.6. The van der Waals surface area contributed by atoms with Crippen LogP contribution >= 0.6 is 7.82 Å². The van der Waals surface area contributed by atoms with E-state index < -0.39 is 13.9 Å². The second-order valence-corrected chi connectivity index (χ2v) is 17.9. The van der Waals surface area contributed by atoms with E-state index in [4.69, 9.17) is 18.5 Å².